The van der Waals surface area contributed by atoms with Gasteiger partial charge in [0.25, 0.3) is 5.91 Å². The number of hydrogen-bond acceptors (Lipinski definition) is 7. The molecule has 192 valence electrons. The Labute approximate surface area is 205 Å². The van der Waals surface area contributed by atoms with Crippen LogP contribution in [0.4, 0.5) is 10.1 Å². The predicted molar refractivity (Wildman–Crippen MR) is 130 cm³/mol. The Morgan fingerprint density at radius 2 is 1.66 bits per heavy atom. The topological polar surface area (TPSA) is 127 Å². The molecule has 9 nitrogen and oxygen atoms in total. The molecule has 1 amide bonds. The van der Waals surface area contributed by atoms with Gasteiger partial charge in [0.15, 0.2) is 9.84 Å². The highest BCUT2D eigenvalue weighted by atomic mass is 32.2. The van der Waals surface area contributed by atoms with Crippen molar-refractivity contribution >= 4 is 31.5 Å². The van der Waals surface area contributed by atoms with Crippen molar-refractivity contribution in [1.29, 1.82) is 0 Å². The number of benzene rings is 2. The normalized spacial score (nSPS) is 15.0. The van der Waals surface area contributed by atoms with Crippen molar-refractivity contribution in [2.24, 2.45) is 11.1 Å². The number of halogens is 1. The summed E-state index contributed by atoms with van der Waals surface area (Å²) in [5, 5.41) is 5.26. The smallest absolute Gasteiger partial charge is 0.254 e. The van der Waals surface area contributed by atoms with Crippen LogP contribution in [0, 0.1) is 11.7 Å². The summed E-state index contributed by atoms with van der Waals surface area (Å²) >= 11 is 0. The number of piperazine rings is 1. The Morgan fingerprint density at radius 1 is 1.03 bits per heavy atom. The molecule has 2 aromatic rings. The predicted octanol–water partition coefficient (Wildman–Crippen LogP) is 2.01. The van der Waals surface area contributed by atoms with Crippen LogP contribution in [0.1, 0.15) is 29.8 Å². The number of hydrogen-bond donors (Lipinski definition) is 1. The van der Waals surface area contributed by atoms with Gasteiger partial charge in [0.2, 0.25) is 10.0 Å². The van der Waals surface area contributed by atoms with Crippen molar-refractivity contribution in [3.8, 4) is 0 Å². The molecule has 35 heavy (non-hydrogen) atoms. The zero-order valence-electron chi connectivity index (χ0n) is 19.9. The highest BCUT2D eigenvalue weighted by Crippen LogP contribution is 2.25. The van der Waals surface area contributed by atoms with E-state index in [1.165, 1.54) is 30.3 Å². The second-order valence-corrected chi connectivity index (χ2v) is 12.5. The SMILES string of the molecule is CC(C)COCc1ccc(S(N)(=O)=O)cc1C(=O)N1CCN(c2ccc(S(C)(=O)=O)cc2F)CC1. The Bertz CT molecular complexity index is 1300. The van der Waals surface area contributed by atoms with E-state index in [1.807, 2.05) is 13.8 Å². The molecule has 3 rings (SSSR count). The summed E-state index contributed by atoms with van der Waals surface area (Å²) in [5.74, 6) is -0.734. The summed E-state index contributed by atoms with van der Waals surface area (Å²) in [5.41, 5.74) is 0.994. The van der Waals surface area contributed by atoms with Gasteiger partial charge in [-0.3, -0.25) is 4.79 Å². The van der Waals surface area contributed by atoms with E-state index in [0.29, 0.717) is 25.3 Å². The average Bonchev–Trinajstić information content (AvgIpc) is 2.77. The zero-order valence-corrected chi connectivity index (χ0v) is 21.5. The van der Waals surface area contributed by atoms with E-state index in [4.69, 9.17) is 9.88 Å². The molecule has 1 aliphatic heterocycles. The third-order valence-electron chi connectivity index (χ3n) is 5.60. The minimum absolute atomic E-state index is 0.102. The van der Waals surface area contributed by atoms with Crippen molar-refractivity contribution in [2.45, 2.75) is 30.2 Å². The maximum atomic E-state index is 14.6. The lowest BCUT2D eigenvalue weighted by molar-refractivity contribution is 0.0729. The van der Waals surface area contributed by atoms with Gasteiger partial charge in [-0.05, 0) is 41.8 Å². The second kappa shape index (κ2) is 10.6. The third kappa shape index (κ3) is 6.78. The van der Waals surface area contributed by atoms with Crippen molar-refractivity contribution < 1.29 is 30.8 Å². The molecular formula is C23H30FN3O6S2. The van der Waals surface area contributed by atoms with E-state index in [-0.39, 0.29) is 52.6 Å². The molecule has 1 fully saturated rings. The molecule has 0 spiro atoms. The number of anilines is 1. The van der Waals surface area contributed by atoms with Gasteiger partial charge in [0.1, 0.15) is 5.82 Å². The molecule has 1 saturated heterocycles. The minimum Gasteiger partial charge on any atom is -0.376 e. The number of primary sulfonamides is 1. The molecule has 0 aliphatic carbocycles. The molecule has 0 radical (unpaired) electrons. The number of carbonyl (C=O) groups is 1. The molecule has 0 unspecified atom stereocenters. The first-order valence-corrected chi connectivity index (χ1v) is 14.5. The van der Waals surface area contributed by atoms with E-state index in [9.17, 15) is 26.0 Å². The fourth-order valence-corrected chi connectivity index (χ4v) is 4.93. The van der Waals surface area contributed by atoms with E-state index < -0.39 is 25.7 Å². The van der Waals surface area contributed by atoms with Crippen LogP contribution in [0.5, 0.6) is 0 Å². The number of ether oxygens (including phenoxy) is 1. The van der Waals surface area contributed by atoms with Crippen molar-refractivity contribution in [3.63, 3.8) is 0 Å². The number of nitrogens with zero attached hydrogens (tertiary/aromatic N) is 2. The molecule has 2 N–H and O–H groups in total. The first kappa shape index (κ1) is 27.1. The second-order valence-electron chi connectivity index (χ2n) is 8.94. The molecule has 0 atom stereocenters. The summed E-state index contributed by atoms with van der Waals surface area (Å²) in [4.78, 5) is 16.4. The Balaban J connectivity index is 1.78. The zero-order chi connectivity index (χ0) is 26.0. The number of rotatable bonds is 8. The maximum Gasteiger partial charge on any atom is 0.254 e. The van der Waals surface area contributed by atoms with Gasteiger partial charge in [0, 0.05) is 44.6 Å². The molecule has 0 aromatic heterocycles. The number of sulfonamides is 1. The van der Waals surface area contributed by atoms with Gasteiger partial charge in [-0.15, -0.1) is 0 Å². The fourth-order valence-electron chi connectivity index (χ4n) is 3.76. The summed E-state index contributed by atoms with van der Waals surface area (Å²) in [6.07, 6.45) is 1.01. The van der Waals surface area contributed by atoms with Crippen molar-refractivity contribution in [3.05, 3.63) is 53.3 Å². The number of sulfone groups is 1. The molecule has 1 heterocycles. The highest BCUT2D eigenvalue weighted by molar-refractivity contribution is 7.90. The summed E-state index contributed by atoms with van der Waals surface area (Å²) < 4.78 is 67.3. The van der Waals surface area contributed by atoms with Gasteiger partial charge in [-0.1, -0.05) is 19.9 Å². The van der Waals surface area contributed by atoms with Gasteiger partial charge in [-0.25, -0.2) is 26.4 Å². The van der Waals surface area contributed by atoms with Crippen LogP contribution in [-0.4, -0.2) is 66.7 Å². The van der Waals surface area contributed by atoms with Crippen LogP contribution in [-0.2, 0) is 31.2 Å². The average molecular weight is 528 g/mol. The monoisotopic (exact) mass is 527 g/mol. The lowest BCUT2D eigenvalue weighted by Crippen LogP contribution is -2.49. The van der Waals surface area contributed by atoms with E-state index >= 15 is 0 Å². The largest absolute Gasteiger partial charge is 0.376 e. The first-order chi connectivity index (χ1) is 16.3. The molecule has 2 aromatic carbocycles. The fraction of sp³-hybridized carbons (Fsp3) is 0.435. The molecule has 1 aliphatic rings. The van der Waals surface area contributed by atoms with Crippen molar-refractivity contribution in [1.82, 2.24) is 4.90 Å². The quantitative estimate of drug-likeness (QED) is 0.556. The standard InChI is InChI=1S/C23H30FN3O6S2/c1-16(2)14-33-15-17-4-5-19(35(25,31)32)12-20(17)23(28)27-10-8-26(9-11-27)22-7-6-18(13-21(22)24)34(3,29)30/h4-7,12-13,16H,8-11,14-15H2,1-3H3,(H2,25,31,32). The van der Waals surface area contributed by atoms with Crippen LogP contribution in [0.3, 0.4) is 0 Å². The summed E-state index contributed by atoms with van der Waals surface area (Å²) in [7, 11) is -7.53. The number of nitrogens with two attached hydrogens (primary N) is 1. The molecule has 0 bridgehead atoms. The molecular weight excluding hydrogens is 497 g/mol. The van der Waals surface area contributed by atoms with Crippen LogP contribution >= 0.6 is 0 Å². The minimum atomic E-state index is -4.01. The molecule has 0 saturated carbocycles. The summed E-state index contributed by atoms with van der Waals surface area (Å²) in [6, 6.07) is 7.91. The van der Waals surface area contributed by atoms with E-state index in [0.717, 1.165) is 12.3 Å². The van der Waals surface area contributed by atoms with Gasteiger partial charge >= 0.3 is 0 Å². The van der Waals surface area contributed by atoms with E-state index in [2.05, 4.69) is 0 Å². The summed E-state index contributed by atoms with van der Waals surface area (Å²) in [6.45, 7) is 5.76. The first-order valence-electron chi connectivity index (χ1n) is 11.0. The van der Waals surface area contributed by atoms with Crippen LogP contribution < -0.4 is 10.0 Å². The van der Waals surface area contributed by atoms with E-state index in [1.54, 1.807) is 9.80 Å². The Hall–Kier alpha value is -2.54. The van der Waals surface area contributed by atoms with Crippen molar-refractivity contribution in [2.75, 3.05) is 43.9 Å². The number of carbonyl (C=O) groups excluding carboxylic acids is 1. The third-order valence-corrected chi connectivity index (χ3v) is 7.63. The Morgan fingerprint density at radius 3 is 2.20 bits per heavy atom. The van der Waals surface area contributed by atoms with Gasteiger partial charge < -0.3 is 14.5 Å². The van der Waals surface area contributed by atoms with Gasteiger partial charge in [-0.2, -0.15) is 0 Å². The van der Waals surface area contributed by atoms with Crippen LogP contribution in [0.15, 0.2) is 46.2 Å². The number of amides is 1. The van der Waals surface area contributed by atoms with Crippen LogP contribution in [0.25, 0.3) is 0 Å². The van der Waals surface area contributed by atoms with Gasteiger partial charge in [0.05, 0.1) is 22.1 Å². The molecule has 12 heteroatoms. The lowest BCUT2D eigenvalue weighted by Gasteiger charge is -2.36. The Kier molecular flexibility index (Phi) is 8.20. The maximum absolute atomic E-state index is 14.6. The highest BCUT2D eigenvalue weighted by Gasteiger charge is 2.27. The van der Waals surface area contributed by atoms with Crippen LogP contribution in [0.2, 0.25) is 0 Å². The lowest BCUT2D eigenvalue weighted by atomic mass is 10.1.